The van der Waals surface area contributed by atoms with Crippen LogP contribution in [0.3, 0.4) is 0 Å². The molecule has 2 N–H and O–H groups in total. The average molecular weight is 317 g/mol. The molecule has 1 aliphatic carbocycles. The van der Waals surface area contributed by atoms with E-state index in [0.29, 0.717) is 19.4 Å². The molecule has 1 heterocycles. The molecule has 1 aromatic rings. The Morgan fingerprint density at radius 2 is 2.14 bits per heavy atom. The highest BCUT2D eigenvalue weighted by atomic mass is 32.2. The second kappa shape index (κ2) is 6.54. The van der Waals surface area contributed by atoms with Crippen molar-refractivity contribution in [3.63, 3.8) is 0 Å². The van der Waals surface area contributed by atoms with E-state index in [4.69, 9.17) is 9.47 Å². The van der Waals surface area contributed by atoms with Crippen LogP contribution in [0.1, 0.15) is 37.0 Å². The Morgan fingerprint density at radius 1 is 1.43 bits per heavy atom. The SMILES string of the molecule is CCOC(=O)c1cn[nH]c1S(=O)(=O)NC1CC(OCC)C1. The molecule has 0 amide bonds. The molecule has 0 atom stereocenters. The van der Waals surface area contributed by atoms with Crippen LogP contribution in [0.25, 0.3) is 0 Å². The summed E-state index contributed by atoms with van der Waals surface area (Å²) in [4.78, 5) is 11.7. The van der Waals surface area contributed by atoms with Crippen LogP contribution in [0.4, 0.5) is 0 Å². The molecule has 2 rings (SSSR count). The Kier molecular flexibility index (Phi) is 4.96. The van der Waals surface area contributed by atoms with Crippen molar-refractivity contribution in [1.29, 1.82) is 0 Å². The van der Waals surface area contributed by atoms with Crippen LogP contribution in [-0.2, 0) is 19.5 Å². The van der Waals surface area contributed by atoms with E-state index in [-0.39, 0.29) is 29.3 Å². The van der Waals surface area contributed by atoms with Gasteiger partial charge in [-0.1, -0.05) is 0 Å². The summed E-state index contributed by atoms with van der Waals surface area (Å²) in [6.45, 7) is 4.31. The van der Waals surface area contributed by atoms with Crippen LogP contribution in [-0.4, -0.2) is 49.9 Å². The molecule has 9 heteroatoms. The normalized spacial score (nSPS) is 21.8. The molecule has 0 unspecified atom stereocenters. The van der Waals surface area contributed by atoms with Gasteiger partial charge in [0.2, 0.25) is 0 Å². The number of rotatable bonds is 7. The topological polar surface area (TPSA) is 110 Å². The number of carbonyl (C=O) groups excluding carboxylic acids is 1. The molecule has 0 aliphatic heterocycles. The Labute approximate surface area is 123 Å². The number of hydrogen-bond donors (Lipinski definition) is 2. The number of sulfonamides is 1. The predicted molar refractivity (Wildman–Crippen MR) is 73.3 cm³/mol. The first kappa shape index (κ1) is 15.9. The van der Waals surface area contributed by atoms with Crippen molar-refractivity contribution in [1.82, 2.24) is 14.9 Å². The Morgan fingerprint density at radius 3 is 2.76 bits per heavy atom. The van der Waals surface area contributed by atoms with E-state index in [9.17, 15) is 13.2 Å². The summed E-state index contributed by atoms with van der Waals surface area (Å²) < 4.78 is 37.2. The van der Waals surface area contributed by atoms with Crippen LogP contribution in [0, 0.1) is 0 Å². The van der Waals surface area contributed by atoms with Crippen molar-refractivity contribution in [3.05, 3.63) is 11.8 Å². The zero-order chi connectivity index (χ0) is 15.5. The van der Waals surface area contributed by atoms with Gasteiger partial charge in [-0.25, -0.2) is 17.9 Å². The fourth-order valence-electron chi connectivity index (χ4n) is 2.15. The minimum atomic E-state index is -3.83. The molecule has 21 heavy (non-hydrogen) atoms. The number of nitrogens with one attached hydrogen (secondary N) is 2. The van der Waals surface area contributed by atoms with Gasteiger partial charge >= 0.3 is 5.97 Å². The van der Waals surface area contributed by atoms with Gasteiger partial charge in [-0.2, -0.15) is 5.10 Å². The van der Waals surface area contributed by atoms with E-state index in [1.54, 1.807) is 6.92 Å². The van der Waals surface area contributed by atoms with Gasteiger partial charge in [0.1, 0.15) is 5.56 Å². The van der Waals surface area contributed by atoms with E-state index in [1.165, 1.54) is 0 Å². The second-order valence-electron chi connectivity index (χ2n) is 4.70. The van der Waals surface area contributed by atoms with Gasteiger partial charge in [-0.15, -0.1) is 0 Å². The zero-order valence-corrected chi connectivity index (χ0v) is 12.8. The maximum atomic E-state index is 12.3. The van der Waals surface area contributed by atoms with Gasteiger partial charge in [0.15, 0.2) is 5.03 Å². The fourth-order valence-corrected chi connectivity index (χ4v) is 3.49. The van der Waals surface area contributed by atoms with Crippen molar-refractivity contribution in [2.75, 3.05) is 13.2 Å². The number of carbonyl (C=O) groups is 1. The molecule has 1 saturated carbocycles. The highest BCUT2D eigenvalue weighted by molar-refractivity contribution is 7.89. The summed E-state index contributed by atoms with van der Waals surface area (Å²) >= 11 is 0. The number of aromatic amines is 1. The monoisotopic (exact) mass is 317 g/mol. The predicted octanol–water partition coefficient (Wildman–Crippen LogP) is 0.432. The molecule has 1 fully saturated rings. The van der Waals surface area contributed by atoms with E-state index in [1.807, 2.05) is 6.92 Å². The molecule has 0 aromatic carbocycles. The third-order valence-corrected chi connectivity index (χ3v) is 4.68. The lowest BCUT2D eigenvalue weighted by molar-refractivity contribution is -0.00478. The van der Waals surface area contributed by atoms with Gasteiger partial charge < -0.3 is 9.47 Å². The zero-order valence-electron chi connectivity index (χ0n) is 12.0. The fraction of sp³-hybridized carbons (Fsp3) is 0.667. The van der Waals surface area contributed by atoms with Crippen molar-refractivity contribution in [2.45, 2.75) is 43.9 Å². The molecule has 0 radical (unpaired) electrons. The number of esters is 1. The molecule has 0 saturated heterocycles. The minimum absolute atomic E-state index is 0.0917. The number of hydrogen-bond acceptors (Lipinski definition) is 6. The largest absolute Gasteiger partial charge is 0.462 e. The van der Waals surface area contributed by atoms with E-state index >= 15 is 0 Å². The summed E-state index contributed by atoms with van der Waals surface area (Å²) in [6, 6.07) is -0.190. The summed E-state index contributed by atoms with van der Waals surface area (Å²) in [6.07, 6.45) is 2.48. The van der Waals surface area contributed by atoms with Crippen LogP contribution >= 0.6 is 0 Å². The van der Waals surface area contributed by atoms with E-state index in [0.717, 1.165) is 6.20 Å². The lowest BCUT2D eigenvalue weighted by Gasteiger charge is -2.34. The molecule has 0 spiro atoms. The molecule has 0 bridgehead atoms. The van der Waals surface area contributed by atoms with Gasteiger partial charge in [0, 0.05) is 12.6 Å². The van der Waals surface area contributed by atoms with Gasteiger partial charge in [0.25, 0.3) is 10.0 Å². The highest BCUT2D eigenvalue weighted by Crippen LogP contribution is 2.25. The van der Waals surface area contributed by atoms with Crippen molar-refractivity contribution >= 4 is 16.0 Å². The lowest BCUT2D eigenvalue weighted by atomic mass is 9.90. The molecule has 1 aromatic heterocycles. The number of aromatic nitrogens is 2. The van der Waals surface area contributed by atoms with Crippen LogP contribution in [0.15, 0.2) is 11.2 Å². The van der Waals surface area contributed by atoms with Gasteiger partial charge in [0.05, 0.1) is 18.9 Å². The summed E-state index contributed by atoms with van der Waals surface area (Å²) in [5.41, 5.74) is -0.0926. The first-order chi connectivity index (χ1) is 9.97. The third-order valence-electron chi connectivity index (χ3n) is 3.19. The minimum Gasteiger partial charge on any atom is -0.462 e. The maximum Gasteiger partial charge on any atom is 0.342 e. The number of ether oxygens (including phenoxy) is 2. The van der Waals surface area contributed by atoms with Crippen molar-refractivity contribution in [3.8, 4) is 0 Å². The average Bonchev–Trinajstić information content (AvgIpc) is 2.86. The molecule has 118 valence electrons. The Bertz CT molecular complexity index is 592. The molecular formula is C12H19N3O5S. The standard InChI is InChI=1S/C12H19N3O5S/c1-3-19-9-5-8(6-9)15-21(17,18)11-10(7-13-14-11)12(16)20-4-2/h7-9,15H,3-6H2,1-2H3,(H,13,14). The second-order valence-corrected chi connectivity index (χ2v) is 6.35. The maximum absolute atomic E-state index is 12.3. The van der Waals surface area contributed by atoms with E-state index < -0.39 is 16.0 Å². The molecule has 8 nitrogen and oxygen atoms in total. The number of nitrogens with zero attached hydrogens (tertiary/aromatic N) is 1. The summed E-state index contributed by atoms with van der Waals surface area (Å²) in [7, 11) is -3.83. The quantitative estimate of drug-likeness (QED) is 0.706. The van der Waals surface area contributed by atoms with Gasteiger partial charge in [-0.3, -0.25) is 5.10 Å². The Hall–Kier alpha value is -1.45. The summed E-state index contributed by atoms with van der Waals surface area (Å²) in [5.74, 6) is -0.715. The first-order valence-corrected chi connectivity index (χ1v) is 8.30. The first-order valence-electron chi connectivity index (χ1n) is 6.82. The Balaban J connectivity index is 2.04. The summed E-state index contributed by atoms with van der Waals surface area (Å²) in [5, 5.41) is 5.70. The van der Waals surface area contributed by atoms with Crippen molar-refractivity contribution < 1.29 is 22.7 Å². The smallest absolute Gasteiger partial charge is 0.342 e. The van der Waals surface area contributed by atoms with Crippen molar-refractivity contribution in [2.24, 2.45) is 0 Å². The van der Waals surface area contributed by atoms with Crippen LogP contribution in [0.2, 0.25) is 0 Å². The highest BCUT2D eigenvalue weighted by Gasteiger charge is 2.35. The molecule has 1 aliphatic rings. The third kappa shape index (κ3) is 3.60. The van der Waals surface area contributed by atoms with Gasteiger partial charge in [-0.05, 0) is 26.7 Å². The van der Waals surface area contributed by atoms with Crippen LogP contribution in [0.5, 0.6) is 0 Å². The molecular weight excluding hydrogens is 298 g/mol. The van der Waals surface area contributed by atoms with Crippen LogP contribution < -0.4 is 4.72 Å². The number of H-pyrrole nitrogens is 1. The lowest BCUT2D eigenvalue weighted by Crippen LogP contribution is -2.48. The van der Waals surface area contributed by atoms with E-state index in [2.05, 4.69) is 14.9 Å².